The molecule has 1 fully saturated rings. The van der Waals surface area contributed by atoms with Gasteiger partial charge in [-0.1, -0.05) is 12.1 Å². The van der Waals surface area contributed by atoms with Crippen molar-refractivity contribution < 1.29 is 9.13 Å². The van der Waals surface area contributed by atoms with E-state index < -0.39 is 0 Å². The van der Waals surface area contributed by atoms with Crippen LogP contribution in [0, 0.1) is 5.82 Å². The first-order valence-electron chi connectivity index (χ1n) is 6.23. The molecule has 1 aliphatic rings. The fraction of sp³-hybridized carbons (Fsp3) is 0.538. The average molecular weight is 317 g/mol. The second-order valence-corrected chi connectivity index (χ2v) is 5.39. The fourth-order valence-electron chi connectivity index (χ4n) is 2.32. The molecule has 3 N–H and O–H groups in total. The van der Waals surface area contributed by atoms with Crippen LogP contribution >= 0.6 is 15.9 Å². The summed E-state index contributed by atoms with van der Waals surface area (Å²) < 4.78 is 19.7. The summed E-state index contributed by atoms with van der Waals surface area (Å²) in [5.41, 5.74) is 3.71. The molecule has 1 aromatic rings. The third-order valence-corrected chi connectivity index (χ3v) is 4.24. The lowest BCUT2D eigenvalue weighted by molar-refractivity contribution is -0.00748. The molecule has 2 rings (SSSR count). The van der Waals surface area contributed by atoms with E-state index in [1.165, 1.54) is 6.07 Å². The van der Waals surface area contributed by atoms with E-state index in [1.807, 2.05) is 6.07 Å². The van der Waals surface area contributed by atoms with Gasteiger partial charge >= 0.3 is 0 Å². The molecule has 0 aromatic heterocycles. The van der Waals surface area contributed by atoms with E-state index in [4.69, 9.17) is 10.6 Å². The standard InChI is InChI=1S/C13H18BrFN2O/c14-13-9(4-3-5-10(13)15)8-11(17-16)12-6-1-2-7-18-12/h3-5,11-12,17H,1-2,6-8,16H2. The maximum atomic E-state index is 13.4. The number of nitrogens with two attached hydrogens (primary N) is 1. The van der Waals surface area contributed by atoms with Gasteiger partial charge in [0.2, 0.25) is 0 Å². The number of rotatable bonds is 4. The minimum atomic E-state index is -0.243. The summed E-state index contributed by atoms with van der Waals surface area (Å²) in [6.07, 6.45) is 4.03. The van der Waals surface area contributed by atoms with Gasteiger partial charge < -0.3 is 4.74 Å². The van der Waals surface area contributed by atoms with Crippen molar-refractivity contribution in [3.8, 4) is 0 Å². The van der Waals surface area contributed by atoms with Gasteiger partial charge in [-0.15, -0.1) is 0 Å². The molecule has 1 aromatic carbocycles. The Hall–Kier alpha value is -0.490. The number of halogens is 2. The van der Waals surface area contributed by atoms with Gasteiger partial charge in [-0.25, -0.2) is 4.39 Å². The Bertz CT molecular complexity index is 397. The second-order valence-electron chi connectivity index (χ2n) is 4.60. The van der Waals surface area contributed by atoms with Crippen molar-refractivity contribution in [1.82, 2.24) is 5.43 Å². The van der Waals surface area contributed by atoms with Crippen molar-refractivity contribution in [1.29, 1.82) is 0 Å². The van der Waals surface area contributed by atoms with Crippen LogP contribution in [0.15, 0.2) is 22.7 Å². The van der Waals surface area contributed by atoms with Crippen molar-refractivity contribution in [2.45, 2.75) is 37.8 Å². The zero-order valence-electron chi connectivity index (χ0n) is 10.2. The van der Waals surface area contributed by atoms with Gasteiger partial charge in [-0.05, 0) is 53.2 Å². The van der Waals surface area contributed by atoms with Gasteiger partial charge in [0.25, 0.3) is 0 Å². The van der Waals surface area contributed by atoms with E-state index >= 15 is 0 Å². The minimum Gasteiger partial charge on any atom is -0.377 e. The Labute approximate surface area is 115 Å². The van der Waals surface area contributed by atoms with E-state index in [-0.39, 0.29) is 18.0 Å². The molecule has 2 unspecified atom stereocenters. The monoisotopic (exact) mass is 316 g/mol. The molecular formula is C13H18BrFN2O. The van der Waals surface area contributed by atoms with Gasteiger partial charge in [0.15, 0.2) is 0 Å². The highest BCUT2D eigenvalue weighted by molar-refractivity contribution is 9.10. The number of benzene rings is 1. The van der Waals surface area contributed by atoms with Gasteiger partial charge in [0, 0.05) is 6.61 Å². The third-order valence-electron chi connectivity index (χ3n) is 3.35. The van der Waals surface area contributed by atoms with Crippen LogP contribution in [0.3, 0.4) is 0 Å². The summed E-state index contributed by atoms with van der Waals surface area (Å²) in [6, 6.07) is 5.07. The predicted molar refractivity (Wildman–Crippen MR) is 72.5 cm³/mol. The molecule has 0 saturated carbocycles. The van der Waals surface area contributed by atoms with Crippen molar-refractivity contribution in [2.24, 2.45) is 5.84 Å². The Morgan fingerprint density at radius 1 is 1.50 bits per heavy atom. The smallest absolute Gasteiger partial charge is 0.137 e. The quantitative estimate of drug-likeness (QED) is 0.663. The van der Waals surface area contributed by atoms with E-state index in [0.29, 0.717) is 10.9 Å². The summed E-state index contributed by atoms with van der Waals surface area (Å²) in [7, 11) is 0. The highest BCUT2D eigenvalue weighted by Gasteiger charge is 2.24. The Kier molecular flexibility index (Phi) is 5.12. The molecule has 1 heterocycles. The highest BCUT2D eigenvalue weighted by atomic mass is 79.9. The van der Waals surface area contributed by atoms with Crippen LogP contribution in [0.25, 0.3) is 0 Å². The number of nitrogens with one attached hydrogen (secondary N) is 1. The first-order valence-corrected chi connectivity index (χ1v) is 7.02. The molecule has 100 valence electrons. The Morgan fingerprint density at radius 3 is 3.00 bits per heavy atom. The van der Waals surface area contributed by atoms with Crippen LogP contribution in [0.1, 0.15) is 24.8 Å². The lowest BCUT2D eigenvalue weighted by Crippen LogP contribution is -2.47. The van der Waals surface area contributed by atoms with Crippen LogP contribution in [-0.2, 0) is 11.2 Å². The summed E-state index contributed by atoms with van der Waals surface area (Å²) in [5.74, 6) is 5.36. The molecule has 3 nitrogen and oxygen atoms in total. The van der Waals surface area contributed by atoms with E-state index in [0.717, 1.165) is 31.4 Å². The van der Waals surface area contributed by atoms with Gasteiger partial charge in [0.1, 0.15) is 5.82 Å². The molecule has 18 heavy (non-hydrogen) atoms. The van der Waals surface area contributed by atoms with E-state index in [2.05, 4.69) is 21.4 Å². The van der Waals surface area contributed by atoms with Gasteiger partial charge in [0.05, 0.1) is 16.6 Å². The van der Waals surface area contributed by atoms with Gasteiger partial charge in [-0.3, -0.25) is 11.3 Å². The van der Waals surface area contributed by atoms with Crippen LogP contribution in [0.5, 0.6) is 0 Å². The lowest BCUT2D eigenvalue weighted by atomic mass is 9.96. The molecule has 0 aliphatic carbocycles. The zero-order valence-corrected chi connectivity index (χ0v) is 11.7. The first-order chi connectivity index (χ1) is 8.72. The fourth-order valence-corrected chi connectivity index (χ4v) is 2.75. The van der Waals surface area contributed by atoms with E-state index in [9.17, 15) is 4.39 Å². The summed E-state index contributed by atoms with van der Waals surface area (Å²) in [6.45, 7) is 0.785. The van der Waals surface area contributed by atoms with E-state index in [1.54, 1.807) is 6.07 Å². The Balaban J connectivity index is 2.07. The average Bonchev–Trinajstić information content (AvgIpc) is 2.41. The topological polar surface area (TPSA) is 47.3 Å². The minimum absolute atomic E-state index is 0.0170. The maximum absolute atomic E-state index is 13.4. The number of hydrogen-bond acceptors (Lipinski definition) is 3. The van der Waals surface area contributed by atoms with Crippen LogP contribution in [-0.4, -0.2) is 18.8 Å². The summed E-state index contributed by atoms with van der Waals surface area (Å²) >= 11 is 3.28. The summed E-state index contributed by atoms with van der Waals surface area (Å²) in [5, 5.41) is 0. The molecule has 2 atom stereocenters. The molecule has 0 bridgehead atoms. The maximum Gasteiger partial charge on any atom is 0.137 e. The summed E-state index contributed by atoms with van der Waals surface area (Å²) in [4.78, 5) is 0. The van der Waals surface area contributed by atoms with Crippen LogP contribution in [0.2, 0.25) is 0 Å². The van der Waals surface area contributed by atoms with Crippen molar-refractivity contribution in [2.75, 3.05) is 6.61 Å². The molecule has 1 aliphatic heterocycles. The molecular weight excluding hydrogens is 299 g/mol. The normalized spacial score (nSPS) is 21.8. The largest absolute Gasteiger partial charge is 0.377 e. The van der Waals surface area contributed by atoms with Crippen molar-refractivity contribution in [3.05, 3.63) is 34.1 Å². The van der Waals surface area contributed by atoms with Gasteiger partial charge in [-0.2, -0.15) is 0 Å². The molecule has 0 spiro atoms. The highest BCUT2D eigenvalue weighted by Crippen LogP contribution is 2.24. The van der Waals surface area contributed by atoms with Crippen molar-refractivity contribution >= 4 is 15.9 Å². The number of hydrazine groups is 1. The first kappa shape index (κ1) is 13.9. The molecule has 0 amide bonds. The second kappa shape index (κ2) is 6.61. The zero-order chi connectivity index (χ0) is 13.0. The lowest BCUT2D eigenvalue weighted by Gasteiger charge is -2.30. The molecule has 5 heteroatoms. The van der Waals surface area contributed by atoms with Crippen molar-refractivity contribution in [3.63, 3.8) is 0 Å². The SMILES string of the molecule is NNC(Cc1cccc(F)c1Br)C1CCCCO1. The third kappa shape index (κ3) is 3.29. The van der Waals surface area contributed by atoms with Crippen LogP contribution < -0.4 is 11.3 Å². The number of hydrogen-bond donors (Lipinski definition) is 2. The number of ether oxygens (including phenoxy) is 1. The van der Waals surface area contributed by atoms with Crippen LogP contribution in [0.4, 0.5) is 4.39 Å². The Morgan fingerprint density at radius 2 is 2.33 bits per heavy atom. The molecule has 1 saturated heterocycles. The predicted octanol–water partition coefficient (Wildman–Crippen LogP) is 2.53. The molecule has 0 radical (unpaired) electrons.